The third kappa shape index (κ3) is 2.94. The van der Waals surface area contributed by atoms with Crippen LogP contribution in [0, 0.1) is 0 Å². The molecule has 0 aliphatic rings. The lowest BCUT2D eigenvalue weighted by atomic mass is 10.3. The number of aliphatic carboxylic acids is 1. The molecule has 1 aromatic heterocycles. The summed E-state index contributed by atoms with van der Waals surface area (Å²) in [5.74, 6) is -0.937. The minimum Gasteiger partial charge on any atom is -0.478 e. The summed E-state index contributed by atoms with van der Waals surface area (Å²) in [4.78, 5) is 10.3. The molecule has 3 heteroatoms. The largest absolute Gasteiger partial charge is 0.478 e. The smallest absolute Gasteiger partial charge is 0.328 e. The maximum absolute atomic E-state index is 10.3. The zero-order chi connectivity index (χ0) is 10.6. The molecule has 0 aliphatic carbocycles. The Balaban J connectivity index is 2.82. The highest BCUT2D eigenvalue weighted by Gasteiger charge is 1.97. The number of hydrogen-bond donors (Lipinski definition) is 1. The molecule has 0 spiro atoms. The van der Waals surface area contributed by atoms with Gasteiger partial charge in [0, 0.05) is 24.5 Å². The first-order valence-electron chi connectivity index (χ1n) is 4.30. The molecule has 0 aliphatic heterocycles. The van der Waals surface area contributed by atoms with Crippen LogP contribution < -0.4 is 0 Å². The van der Waals surface area contributed by atoms with Gasteiger partial charge in [-0.05, 0) is 25.1 Å². The van der Waals surface area contributed by atoms with Crippen molar-refractivity contribution in [1.82, 2.24) is 4.57 Å². The molecular weight excluding hydrogens is 178 g/mol. The van der Waals surface area contributed by atoms with E-state index in [9.17, 15) is 4.79 Å². The molecule has 14 heavy (non-hydrogen) atoms. The number of rotatable bonds is 4. The van der Waals surface area contributed by atoms with Crippen molar-refractivity contribution in [3.05, 3.63) is 42.3 Å². The molecule has 0 atom stereocenters. The van der Waals surface area contributed by atoms with Crippen molar-refractivity contribution in [3.63, 3.8) is 0 Å². The highest BCUT2D eigenvalue weighted by Crippen LogP contribution is 2.07. The summed E-state index contributed by atoms with van der Waals surface area (Å²) in [6, 6.07) is 3.74. The molecule has 0 bridgehead atoms. The highest BCUT2D eigenvalue weighted by atomic mass is 16.4. The summed E-state index contributed by atoms with van der Waals surface area (Å²) in [6.45, 7) is 6.45. The Kier molecular flexibility index (Phi) is 3.29. The Morgan fingerprint density at radius 1 is 1.71 bits per heavy atom. The Hall–Kier alpha value is -1.77. The Bertz CT molecular complexity index is 374. The van der Waals surface area contributed by atoms with Crippen LogP contribution in [-0.2, 0) is 11.3 Å². The predicted molar refractivity (Wildman–Crippen MR) is 55.9 cm³/mol. The molecule has 1 N–H and O–H groups in total. The average molecular weight is 191 g/mol. The lowest BCUT2D eigenvalue weighted by Crippen LogP contribution is -1.99. The summed E-state index contributed by atoms with van der Waals surface area (Å²) in [5, 5.41) is 8.47. The van der Waals surface area contributed by atoms with Gasteiger partial charge < -0.3 is 9.67 Å². The van der Waals surface area contributed by atoms with E-state index in [0.717, 1.165) is 17.3 Å². The standard InChI is InChI=1S/C11H13NO2/c1-9(2)8-12-7-3-4-10(12)5-6-11(13)14/h3-7H,1,8H2,2H3,(H,13,14)/b6-5+. The van der Waals surface area contributed by atoms with E-state index in [2.05, 4.69) is 6.58 Å². The minimum atomic E-state index is -0.937. The molecule has 0 fully saturated rings. The maximum Gasteiger partial charge on any atom is 0.328 e. The molecule has 3 nitrogen and oxygen atoms in total. The second kappa shape index (κ2) is 4.46. The zero-order valence-corrected chi connectivity index (χ0v) is 8.10. The second-order valence-electron chi connectivity index (χ2n) is 3.19. The summed E-state index contributed by atoms with van der Waals surface area (Å²) in [5.41, 5.74) is 1.90. The highest BCUT2D eigenvalue weighted by molar-refractivity contribution is 5.84. The number of allylic oxidation sites excluding steroid dienone is 1. The van der Waals surface area contributed by atoms with E-state index >= 15 is 0 Å². The van der Waals surface area contributed by atoms with Crippen LogP contribution in [0.15, 0.2) is 36.6 Å². The van der Waals surface area contributed by atoms with Gasteiger partial charge in [-0.25, -0.2) is 4.79 Å². The summed E-state index contributed by atoms with van der Waals surface area (Å²) in [7, 11) is 0. The third-order valence-corrected chi connectivity index (χ3v) is 1.70. The fraction of sp³-hybridized carbons (Fsp3) is 0.182. The lowest BCUT2D eigenvalue weighted by molar-refractivity contribution is -0.131. The fourth-order valence-electron chi connectivity index (χ4n) is 1.17. The summed E-state index contributed by atoms with van der Waals surface area (Å²) in [6.07, 6.45) is 4.60. The number of nitrogens with zero attached hydrogens (tertiary/aromatic N) is 1. The van der Waals surface area contributed by atoms with E-state index in [1.54, 1.807) is 6.08 Å². The van der Waals surface area contributed by atoms with Gasteiger partial charge >= 0.3 is 5.97 Å². The monoisotopic (exact) mass is 191 g/mol. The van der Waals surface area contributed by atoms with Crippen LogP contribution in [0.25, 0.3) is 6.08 Å². The van der Waals surface area contributed by atoms with Gasteiger partial charge in [-0.3, -0.25) is 0 Å². The number of hydrogen-bond acceptors (Lipinski definition) is 1. The Morgan fingerprint density at radius 2 is 2.43 bits per heavy atom. The molecule has 0 amide bonds. The van der Waals surface area contributed by atoms with Crippen LogP contribution in [0.1, 0.15) is 12.6 Å². The number of carbonyl (C=O) groups is 1. The Morgan fingerprint density at radius 3 is 3.00 bits per heavy atom. The van der Waals surface area contributed by atoms with Gasteiger partial charge in [-0.1, -0.05) is 12.2 Å². The van der Waals surface area contributed by atoms with E-state index in [-0.39, 0.29) is 0 Å². The molecule has 0 saturated heterocycles. The lowest BCUT2D eigenvalue weighted by Gasteiger charge is -2.04. The van der Waals surface area contributed by atoms with Crippen LogP contribution in [-0.4, -0.2) is 15.6 Å². The van der Waals surface area contributed by atoms with Gasteiger partial charge in [-0.2, -0.15) is 0 Å². The van der Waals surface area contributed by atoms with Crippen molar-refractivity contribution in [2.75, 3.05) is 0 Å². The van der Waals surface area contributed by atoms with Crippen LogP contribution in [0.3, 0.4) is 0 Å². The number of aromatic nitrogens is 1. The fourth-order valence-corrected chi connectivity index (χ4v) is 1.17. The second-order valence-corrected chi connectivity index (χ2v) is 3.19. The SMILES string of the molecule is C=C(C)Cn1cccc1/C=C/C(=O)O. The molecule has 0 saturated carbocycles. The van der Waals surface area contributed by atoms with Crippen LogP contribution in [0.2, 0.25) is 0 Å². The van der Waals surface area contributed by atoms with Crippen molar-refractivity contribution in [2.45, 2.75) is 13.5 Å². The average Bonchev–Trinajstić information content (AvgIpc) is 2.47. The maximum atomic E-state index is 10.3. The quantitative estimate of drug-likeness (QED) is 0.585. The first kappa shape index (κ1) is 10.3. The van der Waals surface area contributed by atoms with E-state index in [1.807, 2.05) is 29.8 Å². The predicted octanol–water partition coefficient (Wildman–Crippen LogP) is 2.16. The molecule has 74 valence electrons. The van der Waals surface area contributed by atoms with Gasteiger partial charge in [0.15, 0.2) is 0 Å². The van der Waals surface area contributed by atoms with Crippen molar-refractivity contribution in [1.29, 1.82) is 0 Å². The van der Waals surface area contributed by atoms with Crippen molar-refractivity contribution in [2.24, 2.45) is 0 Å². The molecule has 0 aromatic carbocycles. The number of carboxylic acid groups (broad SMARTS) is 1. The molecule has 1 heterocycles. The zero-order valence-electron chi connectivity index (χ0n) is 8.10. The summed E-state index contributed by atoms with van der Waals surface area (Å²) >= 11 is 0. The number of carboxylic acids is 1. The molecule has 0 unspecified atom stereocenters. The van der Waals surface area contributed by atoms with Gasteiger partial charge in [-0.15, -0.1) is 0 Å². The van der Waals surface area contributed by atoms with Crippen molar-refractivity contribution < 1.29 is 9.90 Å². The minimum absolute atomic E-state index is 0.715. The van der Waals surface area contributed by atoms with Gasteiger partial charge in [0.2, 0.25) is 0 Å². The van der Waals surface area contributed by atoms with E-state index in [0.29, 0.717) is 6.54 Å². The van der Waals surface area contributed by atoms with Gasteiger partial charge in [0.1, 0.15) is 0 Å². The van der Waals surface area contributed by atoms with Crippen molar-refractivity contribution in [3.8, 4) is 0 Å². The van der Waals surface area contributed by atoms with E-state index in [1.165, 1.54) is 0 Å². The van der Waals surface area contributed by atoms with E-state index in [4.69, 9.17) is 5.11 Å². The molecule has 1 aromatic rings. The first-order valence-corrected chi connectivity index (χ1v) is 4.30. The molecule has 0 radical (unpaired) electrons. The Labute approximate surface area is 83.0 Å². The van der Waals surface area contributed by atoms with Crippen LogP contribution in [0.4, 0.5) is 0 Å². The van der Waals surface area contributed by atoms with Crippen molar-refractivity contribution >= 4 is 12.0 Å². The van der Waals surface area contributed by atoms with Crippen LogP contribution in [0.5, 0.6) is 0 Å². The van der Waals surface area contributed by atoms with Gasteiger partial charge in [0.25, 0.3) is 0 Å². The molecule has 1 rings (SSSR count). The summed E-state index contributed by atoms with van der Waals surface area (Å²) < 4.78 is 1.95. The van der Waals surface area contributed by atoms with Gasteiger partial charge in [0.05, 0.1) is 0 Å². The van der Waals surface area contributed by atoms with Crippen LogP contribution >= 0.6 is 0 Å². The third-order valence-electron chi connectivity index (χ3n) is 1.70. The first-order chi connectivity index (χ1) is 6.59. The van der Waals surface area contributed by atoms with E-state index < -0.39 is 5.97 Å². The molecular formula is C11H13NO2. The topological polar surface area (TPSA) is 42.2 Å². The normalized spacial score (nSPS) is 10.6.